The molecule has 1 heterocycles. The van der Waals surface area contributed by atoms with Gasteiger partial charge >= 0.3 is 6.18 Å². The van der Waals surface area contributed by atoms with E-state index in [0.29, 0.717) is 13.1 Å². The highest BCUT2D eigenvalue weighted by atomic mass is 19.4. The van der Waals surface area contributed by atoms with E-state index >= 15 is 0 Å². The van der Waals surface area contributed by atoms with Crippen LogP contribution < -0.4 is 10.6 Å². The highest BCUT2D eigenvalue weighted by Gasteiger charge is 2.30. The molecule has 5 heteroatoms. The van der Waals surface area contributed by atoms with Crippen molar-refractivity contribution in [3.63, 3.8) is 0 Å². The van der Waals surface area contributed by atoms with Gasteiger partial charge in [-0.1, -0.05) is 11.6 Å². The molecule has 2 rings (SSSR count). The zero-order chi connectivity index (χ0) is 13.2. The predicted octanol–water partition coefficient (Wildman–Crippen LogP) is 2.80. The summed E-state index contributed by atoms with van der Waals surface area (Å²) in [5.41, 5.74) is 6.96. The molecule has 1 aliphatic rings. The second-order valence-corrected chi connectivity index (χ2v) is 4.31. The Hall–Kier alpha value is -1.49. The van der Waals surface area contributed by atoms with Crippen molar-refractivity contribution < 1.29 is 13.2 Å². The highest BCUT2D eigenvalue weighted by molar-refractivity contribution is 5.49. The quantitative estimate of drug-likeness (QED) is 0.824. The smallest absolute Gasteiger partial charge is 0.367 e. The summed E-state index contributed by atoms with van der Waals surface area (Å²) in [6, 6.07) is 5.28. The fourth-order valence-electron chi connectivity index (χ4n) is 1.99. The van der Waals surface area contributed by atoms with Gasteiger partial charge in [0, 0.05) is 25.3 Å². The predicted molar refractivity (Wildman–Crippen MR) is 65.4 cm³/mol. The number of nitrogens with zero attached hydrogens (tertiary/aromatic N) is 1. The molecule has 98 valence electrons. The first-order chi connectivity index (χ1) is 8.50. The second kappa shape index (κ2) is 5.02. The first-order valence-electron chi connectivity index (χ1n) is 5.81. The lowest BCUT2D eigenvalue weighted by Crippen LogP contribution is -2.29. The van der Waals surface area contributed by atoms with E-state index < -0.39 is 11.7 Å². The summed E-state index contributed by atoms with van der Waals surface area (Å²) in [5, 5.41) is 0. The third-order valence-electron chi connectivity index (χ3n) is 3.13. The molecule has 18 heavy (non-hydrogen) atoms. The third-order valence-corrected chi connectivity index (χ3v) is 3.13. The Bertz CT molecular complexity index is 435. The molecule has 2 N–H and O–H groups in total. The molecule has 1 aliphatic heterocycles. The van der Waals surface area contributed by atoms with E-state index in [1.807, 2.05) is 11.0 Å². The third kappa shape index (κ3) is 2.85. The SMILES string of the molecule is NCC1=CCN(c2ccc(C(F)(F)F)cc2)CC1. The van der Waals surface area contributed by atoms with Crippen molar-refractivity contribution >= 4 is 5.69 Å². The monoisotopic (exact) mass is 256 g/mol. The van der Waals surface area contributed by atoms with E-state index in [2.05, 4.69) is 0 Å². The van der Waals surface area contributed by atoms with Crippen LogP contribution in [0, 0.1) is 0 Å². The van der Waals surface area contributed by atoms with Gasteiger partial charge in [-0.2, -0.15) is 13.2 Å². The van der Waals surface area contributed by atoms with Crippen LogP contribution in [0.1, 0.15) is 12.0 Å². The van der Waals surface area contributed by atoms with E-state index in [-0.39, 0.29) is 0 Å². The zero-order valence-electron chi connectivity index (χ0n) is 9.87. The van der Waals surface area contributed by atoms with Crippen molar-refractivity contribution in [1.29, 1.82) is 0 Å². The van der Waals surface area contributed by atoms with Crippen molar-refractivity contribution in [3.8, 4) is 0 Å². The lowest BCUT2D eigenvalue weighted by Gasteiger charge is -2.28. The zero-order valence-corrected chi connectivity index (χ0v) is 9.87. The van der Waals surface area contributed by atoms with E-state index in [9.17, 15) is 13.2 Å². The number of rotatable bonds is 2. The van der Waals surface area contributed by atoms with Crippen LogP contribution in [-0.4, -0.2) is 19.6 Å². The molecule has 0 bridgehead atoms. The Labute approximate surface area is 104 Å². The van der Waals surface area contributed by atoms with Crippen LogP contribution in [0.2, 0.25) is 0 Å². The van der Waals surface area contributed by atoms with Crippen LogP contribution in [-0.2, 0) is 6.18 Å². The molecule has 0 saturated carbocycles. The molecule has 0 unspecified atom stereocenters. The fourth-order valence-corrected chi connectivity index (χ4v) is 1.99. The Morgan fingerprint density at radius 3 is 2.28 bits per heavy atom. The summed E-state index contributed by atoms with van der Waals surface area (Å²) in [6.45, 7) is 2.06. The van der Waals surface area contributed by atoms with Gasteiger partial charge in [0.25, 0.3) is 0 Å². The Balaban J connectivity index is 2.09. The first-order valence-corrected chi connectivity index (χ1v) is 5.81. The average molecular weight is 256 g/mol. The van der Waals surface area contributed by atoms with Crippen LogP contribution >= 0.6 is 0 Å². The maximum Gasteiger partial charge on any atom is 0.416 e. The van der Waals surface area contributed by atoms with E-state index in [4.69, 9.17) is 5.73 Å². The maximum atomic E-state index is 12.4. The van der Waals surface area contributed by atoms with Crippen molar-refractivity contribution in [1.82, 2.24) is 0 Å². The number of anilines is 1. The van der Waals surface area contributed by atoms with Crippen LogP contribution in [0.25, 0.3) is 0 Å². The minimum absolute atomic E-state index is 0.556. The molecular formula is C13H15F3N2. The largest absolute Gasteiger partial charge is 0.416 e. The molecule has 2 nitrogen and oxygen atoms in total. The van der Waals surface area contributed by atoms with Gasteiger partial charge in [0.15, 0.2) is 0 Å². The summed E-state index contributed by atoms with van der Waals surface area (Å²) in [4.78, 5) is 2.04. The van der Waals surface area contributed by atoms with Gasteiger partial charge in [-0.05, 0) is 30.7 Å². The molecule has 0 atom stereocenters. The van der Waals surface area contributed by atoms with E-state index in [0.717, 1.165) is 30.8 Å². The summed E-state index contributed by atoms with van der Waals surface area (Å²) in [6.07, 6.45) is -1.36. The van der Waals surface area contributed by atoms with Crippen LogP contribution in [0.4, 0.5) is 18.9 Å². The normalized spacial score (nSPS) is 16.7. The molecule has 0 saturated heterocycles. The summed E-state index contributed by atoms with van der Waals surface area (Å²) in [5.74, 6) is 0. The fraction of sp³-hybridized carbons (Fsp3) is 0.385. The van der Waals surface area contributed by atoms with Crippen molar-refractivity contribution in [3.05, 3.63) is 41.5 Å². The van der Waals surface area contributed by atoms with Gasteiger partial charge in [-0.25, -0.2) is 0 Å². The molecule has 1 aromatic carbocycles. The standard InChI is InChI=1S/C13H15F3N2/c14-13(15,16)11-1-3-12(4-2-11)18-7-5-10(9-17)6-8-18/h1-5H,6-9,17H2. The first kappa shape index (κ1) is 13.0. The molecule has 0 aromatic heterocycles. The van der Waals surface area contributed by atoms with E-state index in [1.165, 1.54) is 17.7 Å². The van der Waals surface area contributed by atoms with Gasteiger partial charge in [0.05, 0.1) is 5.56 Å². The topological polar surface area (TPSA) is 29.3 Å². The minimum atomic E-state index is -4.27. The van der Waals surface area contributed by atoms with Gasteiger partial charge < -0.3 is 10.6 Å². The maximum absolute atomic E-state index is 12.4. The molecule has 0 aliphatic carbocycles. The number of halogens is 3. The van der Waals surface area contributed by atoms with Crippen LogP contribution in [0.5, 0.6) is 0 Å². The molecule has 0 radical (unpaired) electrons. The number of hydrogen-bond acceptors (Lipinski definition) is 2. The minimum Gasteiger partial charge on any atom is -0.367 e. The summed E-state index contributed by atoms with van der Waals surface area (Å²) >= 11 is 0. The van der Waals surface area contributed by atoms with E-state index in [1.54, 1.807) is 0 Å². The molecule has 0 fully saturated rings. The Morgan fingerprint density at radius 1 is 1.17 bits per heavy atom. The van der Waals surface area contributed by atoms with Crippen molar-refractivity contribution in [2.45, 2.75) is 12.6 Å². The molecule has 1 aromatic rings. The molecule has 0 spiro atoms. The van der Waals surface area contributed by atoms with Gasteiger partial charge in [0.1, 0.15) is 0 Å². The summed E-state index contributed by atoms with van der Waals surface area (Å²) in [7, 11) is 0. The molecule has 0 amide bonds. The second-order valence-electron chi connectivity index (χ2n) is 4.31. The highest BCUT2D eigenvalue weighted by Crippen LogP contribution is 2.30. The van der Waals surface area contributed by atoms with Gasteiger partial charge in [0.2, 0.25) is 0 Å². The van der Waals surface area contributed by atoms with Crippen molar-refractivity contribution in [2.75, 3.05) is 24.5 Å². The lowest BCUT2D eigenvalue weighted by molar-refractivity contribution is -0.137. The average Bonchev–Trinajstić information content (AvgIpc) is 2.38. The van der Waals surface area contributed by atoms with Crippen molar-refractivity contribution in [2.24, 2.45) is 5.73 Å². The number of hydrogen-bond donors (Lipinski definition) is 1. The molecular weight excluding hydrogens is 241 g/mol. The number of alkyl halides is 3. The Kier molecular flexibility index (Phi) is 3.61. The summed E-state index contributed by atoms with van der Waals surface area (Å²) < 4.78 is 37.3. The van der Waals surface area contributed by atoms with Crippen LogP contribution in [0.3, 0.4) is 0 Å². The number of nitrogens with two attached hydrogens (primary N) is 1. The number of benzene rings is 1. The van der Waals surface area contributed by atoms with Gasteiger partial charge in [-0.15, -0.1) is 0 Å². The Morgan fingerprint density at radius 2 is 1.83 bits per heavy atom. The lowest BCUT2D eigenvalue weighted by atomic mass is 10.1. The van der Waals surface area contributed by atoms with Gasteiger partial charge in [-0.3, -0.25) is 0 Å². The van der Waals surface area contributed by atoms with Crippen LogP contribution in [0.15, 0.2) is 35.9 Å².